The summed E-state index contributed by atoms with van der Waals surface area (Å²) < 4.78 is 0.955. The first-order valence-corrected chi connectivity index (χ1v) is 5.10. The van der Waals surface area contributed by atoms with Crippen molar-refractivity contribution in [3.63, 3.8) is 0 Å². The lowest BCUT2D eigenvalue weighted by Crippen LogP contribution is -2.25. The molecule has 3 N–H and O–H groups in total. The molecule has 0 unspecified atom stereocenters. The van der Waals surface area contributed by atoms with Gasteiger partial charge in [0.15, 0.2) is 0 Å². The van der Waals surface area contributed by atoms with Crippen LogP contribution in [0.2, 0.25) is 0 Å². The van der Waals surface area contributed by atoms with Crippen molar-refractivity contribution in [1.29, 1.82) is 0 Å². The van der Waals surface area contributed by atoms with Crippen LogP contribution in [0, 0.1) is 5.92 Å². The number of hydrogen-bond donors (Lipinski definition) is 2. The second-order valence-corrected chi connectivity index (χ2v) is 4.02. The zero-order valence-electron chi connectivity index (χ0n) is 8.02. The molecule has 1 atom stereocenters. The molecule has 0 radical (unpaired) electrons. The Labute approximate surface area is 103 Å². The van der Waals surface area contributed by atoms with E-state index in [4.69, 9.17) is 10.8 Å². The second kappa shape index (κ2) is 6.82. The third-order valence-electron chi connectivity index (χ3n) is 2.00. The number of nitrogens with two attached hydrogens (primary N) is 1. The number of rotatable bonds is 4. The molecule has 1 rings (SSSR count). The van der Waals surface area contributed by atoms with Crippen molar-refractivity contribution >= 4 is 34.3 Å². The van der Waals surface area contributed by atoms with Gasteiger partial charge in [-0.3, -0.25) is 4.79 Å². The highest BCUT2D eigenvalue weighted by Crippen LogP contribution is 2.14. The average molecular weight is 295 g/mol. The van der Waals surface area contributed by atoms with Gasteiger partial charge >= 0.3 is 5.97 Å². The van der Waals surface area contributed by atoms with Gasteiger partial charge in [0.2, 0.25) is 0 Å². The lowest BCUT2D eigenvalue weighted by atomic mass is 10.00. The van der Waals surface area contributed by atoms with Crippen molar-refractivity contribution < 1.29 is 9.90 Å². The maximum absolute atomic E-state index is 10.7. The lowest BCUT2D eigenvalue weighted by molar-refractivity contribution is -0.141. The molecule has 0 spiro atoms. The van der Waals surface area contributed by atoms with Gasteiger partial charge in [0.05, 0.1) is 5.92 Å². The van der Waals surface area contributed by atoms with E-state index in [1.807, 2.05) is 24.3 Å². The molecule has 0 aliphatic carbocycles. The van der Waals surface area contributed by atoms with E-state index in [1.54, 1.807) is 0 Å². The van der Waals surface area contributed by atoms with E-state index in [2.05, 4.69) is 15.9 Å². The fourth-order valence-electron chi connectivity index (χ4n) is 1.22. The molecular formula is C10H13BrClNO2. The molecule has 1 aromatic carbocycles. The Bertz CT molecular complexity index is 333. The van der Waals surface area contributed by atoms with Crippen LogP contribution in [0.1, 0.15) is 5.56 Å². The molecule has 0 amide bonds. The Balaban J connectivity index is 0.00000196. The summed E-state index contributed by atoms with van der Waals surface area (Å²) in [6, 6.07) is 7.60. The van der Waals surface area contributed by atoms with Crippen LogP contribution in [0.25, 0.3) is 0 Å². The number of hydrogen-bond acceptors (Lipinski definition) is 2. The monoisotopic (exact) mass is 293 g/mol. The van der Waals surface area contributed by atoms with Gasteiger partial charge in [-0.2, -0.15) is 0 Å². The zero-order chi connectivity index (χ0) is 10.6. The van der Waals surface area contributed by atoms with E-state index < -0.39 is 11.9 Å². The highest BCUT2D eigenvalue weighted by Gasteiger charge is 2.15. The van der Waals surface area contributed by atoms with Crippen LogP contribution in [-0.4, -0.2) is 17.6 Å². The quantitative estimate of drug-likeness (QED) is 0.893. The minimum atomic E-state index is -0.840. The van der Waals surface area contributed by atoms with Crippen LogP contribution in [0.5, 0.6) is 0 Å². The number of carboxylic acids is 1. The molecule has 0 aliphatic rings. The fraction of sp³-hybridized carbons (Fsp3) is 0.300. The molecule has 84 valence electrons. The van der Waals surface area contributed by atoms with Crippen molar-refractivity contribution in [3.05, 3.63) is 34.3 Å². The normalized spacial score (nSPS) is 11.6. The maximum atomic E-state index is 10.7. The van der Waals surface area contributed by atoms with Gasteiger partial charge < -0.3 is 10.8 Å². The molecule has 0 bridgehead atoms. The number of halogens is 2. The lowest BCUT2D eigenvalue weighted by Gasteiger charge is -2.09. The van der Waals surface area contributed by atoms with Crippen LogP contribution in [0.15, 0.2) is 28.7 Å². The molecule has 0 aliphatic heterocycles. The standard InChI is InChI=1S/C10H12BrNO2.ClH/c11-9-3-1-2-7(5-9)4-8(6-12)10(13)14;/h1-3,5,8H,4,6,12H2,(H,13,14);1H/t8-;/m0./s1. The van der Waals surface area contributed by atoms with Gasteiger partial charge in [-0.15, -0.1) is 12.4 Å². The van der Waals surface area contributed by atoms with Crippen LogP contribution in [-0.2, 0) is 11.2 Å². The molecule has 0 heterocycles. The van der Waals surface area contributed by atoms with Crippen LogP contribution < -0.4 is 5.73 Å². The molecule has 0 fully saturated rings. The molecule has 0 aromatic heterocycles. The van der Waals surface area contributed by atoms with Crippen LogP contribution in [0.3, 0.4) is 0 Å². The van der Waals surface area contributed by atoms with E-state index in [9.17, 15) is 4.79 Å². The molecule has 5 heteroatoms. The highest BCUT2D eigenvalue weighted by molar-refractivity contribution is 9.10. The van der Waals surface area contributed by atoms with E-state index >= 15 is 0 Å². The largest absolute Gasteiger partial charge is 0.481 e. The van der Waals surface area contributed by atoms with Gasteiger partial charge in [0, 0.05) is 11.0 Å². The maximum Gasteiger partial charge on any atom is 0.308 e. The van der Waals surface area contributed by atoms with Crippen molar-refractivity contribution in [2.24, 2.45) is 11.7 Å². The van der Waals surface area contributed by atoms with E-state index in [0.29, 0.717) is 6.42 Å². The second-order valence-electron chi connectivity index (χ2n) is 3.10. The number of carboxylic acid groups (broad SMARTS) is 1. The van der Waals surface area contributed by atoms with Crippen LogP contribution in [0.4, 0.5) is 0 Å². The smallest absolute Gasteiger partial charge is 0.308 e. The summed E-state index contributed by atoms with van der Waals surface area (Å²) in [6.45, 7) is 0.168. The highest BCUT2D eigenvalue weighted by atomic mass is 79.9. The van der Waals surface area contributed by atoms with Crippen molar-refractivity contribution in [2.75, 3.05) is 6.54 Å². The summed E-state index contributed by atoms with van der Waals surface area (Å²) in [5, 5.41) is 8.81. The Morgan fingerprint density at radius 1 is 1.53 bits per heavy atom. The first kappa shape index (κ1) is 14.4. The predicted molar refractivity (Wildman–Crippen MR) is 65.3 cm³/mol. The third-order valence-corrected chi connectivity index (χ3v) is 2.50. The van der Waals surface area contributed by atoms with Crippen molar-refractivity contribution in [3.8, 4) is 0 Å². The van der Waals surface area contributed by atoms with E-state index in [1.165, 1.54) is 0 Å². The third kappa shape index (κ3) is 4.64. The minimum Gasteiger partial charge on any atom is -0.481 e. The summed E-state index contributed by atoms with van der Waals surface area (Å²) in [5.74, 6) is -1.34. The Kier molecular flexibility index (Phi) is 6.56. The molecule has 1 aromatic rings. The van der Waals surface area contributed by atoms with Gasteiger partial charge in [-0.05, 0) is 24.1 Å². The summed E-state index contributed by atoms with van der Waals surface area (Å²) in [4.78, 5) is 10.7. The Hall–Kier alpha value is -0.580. The van der Waals surface area contributed by atoms with Crippen molar-refractivity contribution in [2.45, 2.75) is 6.42 Å². The SMILES string of the molecule is Cl.NC[C@H](Cc1cccc(Br)c1)C(=O)O. The predicted octanol–water partition coefficient (Wildman–Crippen LogP) is 2.07. The summed E-state index contributed by atoms with van der Waals surface area (Å²) in [7, 11) is 0. The topological polar surface area (TPSA) is 63.3 Å². The Morgan fingerprint density at radius 2 is 2.20 bits per heavy atom. The molecule has 0 saturated heterocycles. The van der Waals surface area contributed by atoms with E-state index in [-0.39, 0.29) is 19.0 Å². The molecule has 0 saturated carbocycles. The molecule has 3 nitrogen and oxygen atoms in total. The first-order valence-electron chi connectivity index (χ1n) is 4.31. The number of carbonyl (C=O) groups is 1. The van der Waals surface area contributed by atoms with E-state index in [0.717, 1.165) is 10.0 Å². The summed E-state index contributed by atoms with van der Waals surface area (Å²) in [6.07, 6.45) is 0.477. The molecular weight excluding hydrogens is 281 g/mol. The summed E-state index contributed by atoms with van der Waals surface area (Å²) >= 11 is 3.33. The fourth-order valence-corrected chi connectivity index (χ4v) is 1.67. The van der Waals surface area contributed by atoms with Crippen LogP contribution >= 0.6 is 28.3 Å². The number of benzene rings is 1. The minimum absolute atomic E-state index is 0. The van der Waals surface area contributed by atoms with Gasteiger partial charge in [0.25, 0.3) is 0 Å². The zero-order valence-corrected chi connectivity index (χ0v) is 10.4. The average Bonchev–Trinajstić information content (AvgIpc) is 2.14. The van der Waals surface area contributed by atoms with Gasteiger partial charge in [-0.1, -0.05) is 28.1 Å². The Morgan fingerprint density at radius 3 is 2.67 bits per heavy atom. The van der Waals surface area contributed by atoms with Gasteiger partial charge in [-0.25, -0.2) is 0 Å². The number of aliphatic carboxylic acids is 1. The van der Waals surface area contributed by atoms with Gasteiger partial charge in [0.1, 0.15) is 0 Å². The summed E-state index contributed by atoms with van der Waals surface area (Å²) in [5.41, 5.74) is 6.35. The first-order chi connectivity index (χ1) is 6.63. The van der Waals surface area contributed by atoms with Crippen molar-refractivity contribution in [1.82, 2.24) is 0 Å². The molecule has 15 heavy (non-hydrogen) atoms.